The lowest BCUT2D eigenvalue weighted by molar-refractivity contribution is -0.142. The number of halogens is 1. The molecule has 0 saturated heterocycles. The Bertz CT molecular complexity index is 517. The molecular formula is C9H11ClN2O4S. The fraction of sp³-hybridized carbons (Fsp3) is 0.333. The molecule has 17 heavy (non-hydrogen) atoms. The fourth-order valence-electron chi connectivity index (χ4n) is 1.23. The van der Waals surface area contributed by atoms with E-state index in [9.17, 15) is 13.2 Å². The Morgan fingerprint density at radius 3 is 2.82 bits per heavy atom. The Morgan fingerprint density at radius 2 is 2.29 bits per heavy atom. The molecule has 94 valence electrons. The van der Waals surface area contributed by atoms with Gasteiger partial charge in [-0.1, -0.05) is 17.7 Å². The molecule has 0 bridgehead atoms. The van der Waals surface area contributed by atoms with Crippen molar-refractivity contribution in [1.29, 1.82) is 0 Å². The van der Waals surface area contributed by atoms with Crippen molar-refractivity contribution >= 4 is 27.6 Å². The smallest absolute Gasteiger partial charge is 0.304 e. The molecular weight excluding hydrogens is 268 g/mol. The van der Waals surface area contributed by atoms with Crippen molar-refractivity contribution in [3.8, 4) is 0 Å². The average molecular weight is 279 g/mol. The molecule has 0 fully saturated rings. The highest BCUT2D eigenvalue weighted by Gasteiger charge is 2.18. The topological polar surface area (TPSA) is 99.3 Å². The summed E-state index contributed by atoms with van der Waals surface area (Å²) in [4.78, 5) is 14.3. The Labute approximate surface area is 104 Å². The van der Waals surface area contributed by atoms with Crippen LogP contribution in [-0.4, -0.2) is 24.9 Å². The number of pyridine rings is 1. The Balaban J connectivity index is 2.96. The van der Waals surface area contributed by atoms with Crippen LogP contribution in [0, 0.1) is 0 Å². The van der Waals surface area contributed by atoms with E-state index in [4.69, 9.17) is 16.7 Å². The van der Waals surface area contributed by atoms with E-state index in [2.05, 4.69) is 9.72 Å². The SMILES string of the molecule is CC(=O)OC(Cl)Cc1cccnc1S(N)(=O)=O. The van der Waals surface area contributed by atoms with Crippen LogP contribution in [0.5, 0.6) is 0 Å². The molecule has 1 heterocycles. The number of nitrogens with zero attached hydrogens (tertiary/aromatic N) is 1. The summed E-state index contributed by atoms with van der Waals surface area (Å²) >= 11 is 5.73. The Kier molecular flexibility index (Phi) is 4.44. The number of nitrogens with two attached hydrogens (primary N) is 1. The molecule has 2 N–H and O–H groups in total. The lowest BCUT2D eigenvalue weighted by Crippen LogP contribution is -2.19. The lowest BCUT2D eigenvalue weighted by atomic mass is 10.2. The number of primary sulfonamides is 1. The van der Waals surface area contributed by atoms with Crippen LogP contribution in [0.3, 0.4) is 0 Å². The van der Waals surface area contributed by atoms with Gasteiger partial charge in [-0.15, -0.1) is 0 Å². The largest absolute Gasteiger partial charge is 0.446 e. The molecule has 1 atom stereocenters. The standard InChI is InChI=1S/C9H11ClN2O4S/c1-6(13)16-8(10)5-7-3-2-4-12-9(7)17(11,14)15/h2-4,8H,5H2,1H3,(H2,11,14,15). The molecule has 0 radical (unpaired) electrons. The fourth-order valence-corrected chi connectivity index (χ4v) is 2.25. The second-order valence-electron chi connectivity index (χ2n) is 3.24. The molecule has 1 aromatic rings. The third kappa shape index (κ3) is 4.29. The van der Waals surface area contributed by atoms with Gasteiger partial charge in [0.25, 0.3) is 10.0 Å². The first-order valence-corrected chi connectivity index (χ1v) is 6.57. The number of esters is 1. The molecule has 0 aliphatic heterocycles. The normalized spacial score (nSPS) is 13.1. The van der Waals surface area contributed by atoms with Crippen LogP contribution in [0.4, 0.5) is 0 Å². The molecule has 1 unspecified atom stereocenters. The predicted octanol–water partition coefficient (Wildman–Crippen LogP) is 0.400. The number of ether oxygens (including phenoxy) is 1. The predicted molar refractivity (Wildman–Crippen MR) is 60.7 cm³/mol. The van der Waals surface area contributed by atoms with Gasteiger partial charge in [-0.25, -0.2) is 18.5 Å². The first kappa shape index (κ1) is 13.9. The van der Waals surface area contributed by atoms with Crippen LogP contribution in [0.2, 0.25) is 0 Å². The van der Waals surface area contributed by atoms with Gasteiger partial charge in [0.15, 0.2) is 10.6 Å². The summed E-state index contributed by atoms with van der Waals surface area (Å²) in [6.07, 6.45) is 1.32. The zero-order chi connectivity index (χ0) is 13.1. The van der Waals surface area contributed by atoms with Gasteiger partial charge in [-0.05, 0) is 11.6 Å². The van der Waals surface area contributed by atoms with Crippen molar-refractivity contribution in [3.05, 3.63) is 23.9 Å². The quantitative estimate of drug-likeness (QED) is 0.635. The maximum absolute atomic E-state index is 11.2. The first-order chi connectivity index (χ1) is 7.80. The highest BCUT2D eigenvalue weighted by Crippen LogP contribution is 2.15. The minimum Gasteiger partial charge on any atom is -0.446 e. The van der Waals surface area contributed by atoms with Gasteiger partial charge in [0, 0.05) is 19.5 Å². The second-order valence-corrected chi connectivity index (χ2v) is 5.20. The number of alkyl halides is 1. The van der Waals surface area contributed by atoms with Crippen LogP contribution < -0.4 is 5.14 Å². The van der Waals surface area contributed by atoms with E-state index in [1.54, 1.807) is 6.07 Å². The van der Waals surface area contributed by atoms with E-state index < -0.39 is 21.6 Å². The van der Waals surface area contributed by atoms with Gasteiger partial charge in [0.05, 0.1) is 0 Å². The van der Waals surface area contributed by atoms with E-state index in [0.717, 1.165) is 0 Å². The van der Waals surface area contributed by atoms with Crippen molar-refractivity contribution in [2.45, 2.75) is 23.9 Å². The molecule has 6 nitrogen and oxygen atoms in total. The van der Waals surface area contributed by atoms with Crippen LogP contribution in [0.15, 0.2) is 23.4 Å². The zero-order valence-electron chi connectivity index (χ0n) is 8.96. The van der Waals surface area contributed by atoms with Gasteiger partial charge < -0.3 is 4.74 Å². The summed E-state index contributed by atoms with van der Waals surface area (Å²) < 4.78 is 27.1. The monoisotopic (exact) mass is 278 g/mol. The number of hydrogen-bond acceptors (Lipinski definition) is 5. The molecule has 8 heteroatoms. The molecule has 0 aromatic carbocycles. The lowest BCUT2D eigenvalue weighted by Gasteiger charge is -2.11. The highest BCUT2D eigenvalue weighted by atomic mass is 35.5. The summed E-state index contributed by atoms with van der Waals surface area (Å²) in [6, 6.07) is 3.05. The molecule has 1 rings (SSSR count). The number of carbonyl (C=O) groups excluding carboxylic acids is 1. The molecule has 1 aromatic heterocycles. The molecule has 0 spiro atoms. The molecule has 0 amide bonds. The number of hydrogen-bond donors (Lipinski definition) is 1. The zero-order valence-corrected chi connectivity index (χ0v) is 10.5. The summed E-state index contributed by atoms with van der Waals surface area (Å²) in [5, 5.41) is 4.73. The molecule has 0 saturated carbocycles. The van der Waals surface area contributed by atoms with Crippen LogP contribution >= 0.6 is 11.6 Å². The number of sulfonamides is 1. The van der Waals surface area contributed by atoms with Crippen molar-refractivity contribution in [2.24, 2.45) is 5.14 Å². The van der Waals surface area contributed by atoms with Crippen LogP contribution in [-0.2, 0) is 26.0 Å². The van der Waals surface area contributed by atoms with E-state index in [1.807, 2.05) is 0 Å². The maximum Gasteiger partial charge on any atom is 0.304 e. The van der Waals surface area contributed by atoms with Crippen LogP contribution in [0.25, 0.3) is 0 Å². The van der Waals surface area contributed by atoms with Crippen molar-refractivity contribution in [2.75, 3.05) is 0 Å². The van der Waals surface area contributed by atoms with E-state index in [1.165, 1.54) is 19.2 Å². The Hall–Kier alpha value is -1.18. The van der Waals surface area contributed by atoms with Gasteiger partial charge in [0.1, 0.15) is 0 Å². The summed E-state index contributed by atoms with van der Waals surface area (Å²) in [7, 11) is -3.92. The van der Waals surface area contributed by atoms with E-state index in [0.29, 0.717) is 5.56 Å². The van der Waals surface area contributed by atoms with Gasteiger partial charge in [-0.3, -0.25) is 4.79 Å². The number of aromatic nitrogens is 1. The first-order valence-electron chi connectivity index (χ1n) is 4.58. The maximum atomic E-state index is 11.2. The minimum absolute atomic E-state index is 0.0146. The minimum atomic E-state index is -3.92. The molecule has 0 aliphatic rings. The number of rotatable bonds is 4. The van der Waals surface area contributed by atoms with Gasteiger partial charge >= 0.3 is 5.97 Å². The molecule has 0 aliphatic carbocycles. The number of carbonyl (C=O) groups is 1. The van der Waals surface area contributed by atoms with Crippen LogP contribution in [0.1, 0.15) is 12.5 Å². The van der Waals surface area contributed by atoms with Crippen molar-refractivity contribution in [1.82, 2.24) is 4.98 Å². The Morgan fingerprint density at radius 1 is 1.65 bits per heavy atom. The van der Waals surface area contributed by atoms with Gasteiger partial charge in [-0.2, -0.15) is 0 Å². The van der Waals surface area contributed by atoms with E-state index >= 15 is 0 Å². The van der Waals surface area contributed by atoms with E-state index in [-0.39, 0.29) is 11.4 Å². The third-order valence-electron chi connectivity index (χ3n) is 1.79. The highest BCUT2D eigenvalue weighted by molar-refractivity contribution is 7.89. The summed E-state index contributed by atoms with van der Waals surface area (Å²) in [5.41, 5.74) is -0.659. The van der Waals surface area contributed by atoms with Crippen molar-refractivity contribution < 1.29 is 17.9 Å². The van der Waals surface area contributed by atoms with Crippen molar-refractivity contribution in [3.63, 3.8) is 0 Å². The summed E-state index contributed by atoms with van der Waals surface area (Å²) in [6.45, 7) is 1.21. The van der Waals surface area contributed by atoms with Gasteiger partial charge in [0.2, 0.25) is 0 Å². The second kappa shape index (κ2) is 5.44. The third-order valence-corrected chi connectivity index (χ3v) is 2.94. The summed E-state index contributed by atoms with van der Waals surface area (Å²) in [5.74, 6) is -0.550. The average Bonchev–Trinajstić information content (AvgIpc) is 2.15.